The number of fused-ring (bicyclic) bond motifs is 10. The van der Waals surface area contributed by atoms with Crippen molar-refractivity contribution in [2.45, 2.75) is 175 Å². The van der Waals surface area contributed by atoms with Gasteiger partial charge in [0, 0.05) is 12.8 Å². The van der Waals surface area contributed by atoms with Crippen molar-refractivity contribution < 1.29 is 28.7 Å². The van der Waals surface area contributed by atoms with Gasteiger partial charge in [-0.1, -0.05) is 84.8 Å². The maximum absolute atomic E-state index is 12.9. The molecule has 5 saturated carbocycles. The third kappa shape index (κ3) is 8.13. The van der Waals surface area contributed by atoms with Gasteiger partial charge in [0.2, 0.25) is 11.8 Å². The number of hydrogen-bond donors (Lipinski definition) is 0. The van der Waals surface area contributed by atoms with Crippen molar-refractivity contribution in [1.82, 2.24) is 4.90 Å². The Morgan fingerprint density at radius 1 is 0.741 bits per heavy atom. The molecular formula is C47H73NO6. The van der Waals surface area contributed by atoms with Crippen LogP contribution in [0.3, 0.4) is 0 Å². The van der Waals surface area contributed by atoms with Gasteiger partial charge in [-0.15, -0.1) is 0 Å². The Morgan fingerprint density at radius 3 is 2.09 bits per heavy atom. The first-order valence-electron chi connectivity index (χ1n) is 22.9. The summed E-state index contributed by atoms with van der Waals surface area (Å²) in [7, 11) is 0. The second-order valence-corrected chi connectivity index (χ2v) is 20.2. The number of allylic oxidation sites excluding steroid dienone is 2. The van der Waals surface area contributed by atoms with E-state index in [9.17, 15) is 19.2 Å². The first-order valence-corrected chi connectivity index (χ1v) is 22.9. The van der Waals surface area contributed by atoms with Crippen LogP contribution in [-0.4, -0.2) is 47.9 Å². The monoisotopic (exact) mass is 748 g/mol. The van der Waals surface area contributed by atoms with E-state index in [-0.39, 0.29) is 66.7 Å². The predicted molar refractivity (Wildman–Crippen MR) is 211 cm³/mol. The molecule has 1 saturated heterocycles. The van der Waals surface area contributed by atoms with E-state index in [4.69, 9.17) is 9.47 Å². The maximum Gasteiger partial charge on any atom is 0.306 e. The van der Waals surface area contributed by atoms with Crippen LogP contribution in [0.4, 0.5) is 0 Å². The number of likely N-dealkylation sites (tertiary alicyclic amines) is 1. The highest BCUT2D eigenvalue weighted by Crippen LogP contribution is 2.68. The summed E-state index contributed by atoms with van der Waals surface area (Å²) in [4.78, 5) is 52.0. The van der Waals surface area contributed by atoms with Gasteiger partial charge in [0.05, 0.1) is 18.4 Å². The smallest absolute Gasteiger partial charge is 0.306 e. The highest BCUT2D eigenvalue weighted by Gasteiger charge is 2.61. The van der Waals surface area contributed by atoms with Gasteiger partial charge < -0.3 is 9.47 Å². The fourth-order valence-corrected chi connectivity index (χ4v) is 13.9. The minimum absolute atomic E-state index is 0.0107. The molecule has 1 aliphatic heterocycles. The lowest BCUT2D eigenvalue weighted by molar-refractivity contribution is -0.162. The lowest BCUT2D eigenvalue weighted by atomic mass is 9.44. The molecule has 0 aromatic heterocycles. The zero-order valence-electron chi connectivity index (χ0n) is 34.4. The van der Waals surface area contributed by atoms with E-state index in [2.05, 4.69) is 39.8 Å². The first-order chi connectivity index (χ1) is 26.0. The molecule has 12 atom stereocenters. The number of unbranched alkanes of at least 4 members (excludes halogenated alkanes) is 6. The van der Waals surface area contributed by atoms with Crippen LogP contribution in [0.1, 0.15) is 169 Å². The van der Waals surface area contributed by atoms with Gasteiger partial charge in [-0.05, 0) is 142 Å². The molecule has 0 N–H and O–H groups in total. The van der Waals surface area contributed by atoms with Gasteiger partial charge in [0.25, 0.3) is 0 Å². The fraction of sp³-hybridized carbons (Fsp3) is 0.872. The number of carbonyl (C=O) groups excluding carboxylic acids is 4. The van der Waals surface area contributed by atoms with Crippen molar-refractivity contribution in [3.63, 3.8) is 0 Å². The van der Waals surface area contributed by atoms with Crippen LogP contribution in [0.25, 0.3) is 0 Å². The Bertz CT molecular complexity index is 1360. The van der Waals surface area contributed by atoms with E-state index in [1.54, 1.807) is 0 Å². The summed E-state index contributed by atoms with van der Waals surface area (Å²) in [6.07, 6.45) is 29.3. The van der Waals surface area contributed by atoms with Crippen LogP contribution in [0, 0.1) is 70.0 Å². The number of esters is 2. The van der Waals surface area contributed by atoms with Crippen LogP contribution in [-0.2, 0) is 28.7 Å². The molecule has 7 nitrogen and oxygen atoms in total. The summed E-state index contributed by atoms with van der Waals surface area (Å²) < 4.78 is 11.5. The maximum atomic E-state index is 12.9. The first kappa shape index (κ1) is 40.0. The van der Waals surface area contributed by atoms with Gasteiger partial charge in [-0.2, -0.15) is 0 Å². The quantitative estimate of drug-likeness (QED) is 0.0600. The van der Waals surface area contributed by atoms with Gasteiger partial charge >= 0.3 is 11.9 Å². The lowest BCUT2D eigenvalue weighted by Crippen LogP contribution is -2.54. The fourth-order valence-electron chi connectivity index (χ4n) is 13.9. The van der Waals surface area contributed by atoms with E-state index in [1.807, 2.05) is 0 Å². The Hall–Kier alpha value is -2.18. The molecular weight excluding hydrogens is 675 g/mol. The molecule has 7 heteroatoms. The van der Waals surface area contributed by atoms with Gasteiger partial charge in [0.15, 0.2) is 0 Å². The highest BCUT2D eigenvalue weighted by atomic mass is 16.5. The molecule has 6 fully saturated rings. The van der Waals surface area contributed by atoms with E-state index in [1.165, 1.54) is 75.5 Å². The minimum Gasteiger partial charge on any atom is -0.464 e. The normalized spacial score (nSPS) is 39.1. The van der Waals surface area contributed by atoms with Crippen molar-refractivity contribution >= 4 is 23.8 Å². The average molecular weight is 748 g/mol. The van der Waals surface area contributed by atoms with Gasteiger partial charge in [-0.3, -0.25) is 24.1 Å². The number of rotatable bonds is 18. The van der Waals surface area contributed by atoms with Crippen LogP contribution in [0.2, 0.25) is 0 Å². The molecule has 2 bridgehead atoms. The molecule has 1 heterocycles. The second kappa shape index (κ2) is 17.1. The number of carbonyl (C=O) groups is 4. The Balaban J connectivity index is 0.725. The number of hydrogen-bond acceptors (Lipinski definition) is 6. The minimum atomic E-state index is -0.262. The van der Waals surface area contributed by atoms with E-state index < -0.39 is 0 Å². The van der Waals surface area contributed by atoms with Crippen LogP contribution in [0.5, 0.6) is 0 Å². The molecule has 0 spiro atoms. The Morgan fingerprint density at radius 2 is 1.39 bits per heavy atom. The highest BCUT2D eigenvalue weighted by molar-refractivity contribution is 6.06. The van der Waals surface area contributed by atoms with Crippen LogP contribution < -0.4 is 0 Å². The van der Waals surface area contributed by atoms with Crippen molar-refractivity contribution in [3.05, 3.63) is 12.2 Å². The SMILES string of the molecule is CC(C)CCCCC1CCC2C3CCC4C[C@@H](OC(=O)CCCCCCCCC(=O)OCCN5C(=O)C6C7C=CC(C7)C6C5=O)CC[C@]4(C)C3CC[C@]12C. The van der Waals surface area contributed by atoms with Crippen LogP contribution in [0.15, 0.2) is 12.2 Å². The number of imide groups is 1. The zero-order chi connectivity index (χ0) is 38.0. The lowest BCUT2D eigenvalue weighted by Gasteiger charge is -2.61. The second-order valence-electron chi connectivity index (χ2n) is 20.2. The van der Waals surface area contributed by atoms with Crippen molar-refractivity contribution in [2.24, 2.45) is 70.0 Å². The molecule has 6 aliphatic carbocycles. The number of nitrogens with zero attached hydrogens (tertiary/aromatic N) is 1. The van der Waals surface area contributed by atoms with E-state index >= 15 is 0 Å². The summed E-state index contributed by atoms with van der Waals surface area (Å²) in [5, 5.41) is 0. The topological polar surface area (TPSA) is 90.0 Å². The summed E-state index contributed by atoms with van der Waals surface area (Å²) in [5.74, 6) is 4.74. The Labute approximate surface area is 326 Å². The molecule has 54 heavy (non-hydrogen) atoms. The molecule has 9 unspecified atom stereocenters. The largest absolute Gasteiger partial charge is 0.464 e. The molecule has 302 valence electrons. The number of amides is 2. The Kier molecular flexibility index (Phi) is 12.7. The third-order valence-electron chi connectivity index (χ3n) is 16.8. The van der Waals surface area contributed by atoms with Gasteiger partial charge in [-0.25, -0.2) is 0 Å². The summed E-state index contributed by atoms with van der Waals surface area (Å²) in [6.45, 7) is 10.3. The molecule has 0 radical (unpaired) electrons. The van der Waals surface area contributed by atoms with Crippen molar-refractivity contribution in [2.75, 3.05) is 13.2 Å². The molecule has 0 aromatic rings. The van der Waals surface area contributed by atoms with Crippen molar-refractivity contribution in [3.8, 4) is 0 Å². The van der Waals surface area contributed by atoms with Gasteiger partial charge in [0.1, 0.15) is 12.7 Å². The predicted octanol–water partition coefficient (Wildman–Crippen LogP) is 10.2. The summed E-state index contributed by atoms with van der Waals surface area (Å²) in [5.41, 5.74) is 0.993. The molecule has 7 rings (SSSR count). The van der Waals surface area contributed by atoms with Crippen molar-refractivity contribution in [1.29, 1.82) is 0 Å². The third-order valence-corrected chi connectivity index (χ3v) is 16.8. The molecule has 2 amide bonds. The average Bonchev–Trinajstić information content (AvgIpc) is 3.90. The summed E-state index contributed by atoms with van der Waals surface area (Å²) >= 11 is 0. The molecule has 0 aromatic carbocycles. The number of ether oxygens (including phenoxy) is 2. The zero-order valence-corrected chi connectivity index (χ0v) is 34.4. The van der Waals surface area contributed by atoms with E-state index in [0.29, 0.717) is 29.6 Å². The van der Waals surface area contributed by atoms with E-state index in [0.717, 1.165) is 87.4 Å². The standard InChI is InChI=1S/C47H73NO6/c1-31(2)13-11-12-14-34-20-22-38-37-21-19-35-30-36(23-25-47(35,4)39(37)24-26-46(34,38)3)54-41(50)16-10-8-6-5-7-9-15-40(49)53-28-27-48-44(51)42-32-17-18-33(29-32)43(42)45(48)52/h17-18,31-39,42-43H,5-16,19-30H2,1-4H3/t32?,33?,34?,35?,36-,37?,38?,39?,42?,43?,46+,47-/m0/s1. The van der Waals surface area contributed by atoms with Crippen LogP contribution >= 0.6 is 0 Å². The summed E-state index contributed by atoms with van der Waals surface area (Å²) in [6, 6.07) is 0. The molecule has 7 aliphatic rings.